The molecule has 4 nitrogen and oxygen atoms in total. The van der Waals surface area contributed by atoms with E-state index in [1.54, 1.807) is 13.0 Å². The van der Waals surface area contributed by atoms with Crippen molar-refractivity contribution in [3.63, 3.8) is 0 Å². The quantitative estimate of drug-likeness (QED) is 0.822. The second kappa shape index (κ2) is 5.95. The maximum Gasteiger partial charge on any atom is 0.254 e. The Hall–Kier alpha value is -1.43. The molecular formula is C12H16FNO3S. The average molecular weight is 273 g/mol. The van der Waals surface area contributed by atoms with E-state index in [0.717, 1.165) is 11.8 Å². The highest BCUT2D eigenvalue weighted by molar-refractivity contribution is 7.90. The van der Waals surface area contributed by atoms with E-state index in [-0.39, 0.29) is 17.9 Å². The molecule has 6 heteroatoms. The first-order valence-electron chi connectivity index (χ1n) is 5.51. The third-order valence-corrected chi connectivity index (χ3v) is 3.38. The van der Waals surface area contributed by atoms with Crippen LogP contribution in [-0.2, 0) is 9.84 Å². The van der Waals surface area contributed by atoms with Crippen LogP contribution in [0.5, 0.6) is 0 Å². The van der Waals surface area contributed by atoms with Crippen LogP contribution >= 0.6 is 0 Å². The fourth-order valence-corrected chi connectivity index (χ4v) is 2.10. The van der Waals surface area contributed by atoms with Gasteiger partial charge in [-0.1, -0.05) is 6.07 Å². The van der Waals surface area contributed by atoms with Crippen molar-refractivity contribution in [2.45, 2.75) is 13.3 Å². The van der Waals surface area contributed by atoms with Gasteiger partial charge in [-0.3, -0.25) is 4.79 Å². The van der Waals surface area contributed by atoms with Gasteiger partial charge in [-0.15, -0.1) is 0 Å². The van der Waals surface area contributed by atoms with Gasteiger partial charge in [0, 0.05) is 12.8 Å². The molecule has 0 fully saturated rings. The summed E-state index contributed by atoms with van der Waals surface area (Å²) in [6.45, 7) is 1.94. The molecule has 0 radical (unpaired) electrons. The van der Waals surface area contributed by atoms with Gasteiger partial charge in [0.2, 0.25) is 0 Å². The monoisotopic (exact) mass is 273 g/mol. The highest BCUT2D eigenvalue weighted by atomic mass is 32.2. The maximum absolute atomic E-state index is 13.4. The van der Waals surface area contributed by atoms with Crippen LogP contribution in [0, 0.1) is 12.7 Å². The molecule has 0 aliphatic carbocycles. The molecule has 1 aromatic rings. The van der Waals surface area contributed by atoms with Gasteiger partial charge in [0.05, 0.1) is 11.3 Å². The number of benzene rings is 1. The number of carbonyl (C=O) groups is 1. The van der Waals surface area contributed by atoms with Crippen molar-refractivity contribution >= 4 is 15.7 Å². The van der Waals surface area contributed by atoms with Gasteiger partial charge in [-0.05, 0) is 31.0 Å². The minimum Gasteiger partial charge on any atom is -0.352 e. The zero-order valence-electron chi connectivity index (χ0n) is 10.4. The predicted octanol–water partition coefficient (Wildman–Crippen LogP) is 1.30. The second-order valence-electron chi connectivity index (χ2n) is 4.22. The Labute approximate surface area is 106 Å². The third-order valence-electron chi connectivity index (χ3n) is 2.35. The number of hydrogen-bond donors (Lipinski definition) is 1. The summed E-state index contributed by atoms with van der Waals surface area (Å²) in [5, 5.41) is 2.49. The fourth-order valence-electron chi connectivity index (χ4n) is 1.44. The number of nitrogens with one attached hydrogen (secondary N) is 1. The van der Waals surface area contributed by atoms with E-state index in [2.05, 4.69) is 5.32 Å². The van der Waals surface area contributed by atoms with Crippen LogP contribution in [0.4, 0.5) is 4.39 Å². The normalized spacial score (nSPS) is 11.3. The lowest BCUT2D eigenvalue weighted by Gasteiger charge is -2.06. The molecule has 0 unspecified atom stereocenters. The van der Waals surface area contributed by atoms with E-state index < -0.39 is 21.6 Å². The van der Waals surface area contributed by atoms with Crippen molar-refractivity contribution in [1.29, 1.82) is 0 Å². The lowest BCUT2D eigenvalue weighted by Crippen LogP contribution is -2.26. The van der Waals surface area contributed by atoms with E-state index in [1.165, 1.54) is 12.1 Å². The van der Waals surface area contributed by atoms with Gasteiger partial charge in [-0.2, -0.15) is 0 Å². The zero-order chi connectivity index (χ0) is 13.8. The summed E-state index contributed by atoms with van der Waals surface area (Å²) < 4.78 is 35.2. The Morgan fingerprint density at radius 3 is 2.61 bits per heavy atom. The largest absolute Gasteiger partial charge is 0.352 e. The summed E-state index contributed by atoms with van der Waals surface area (Å²) >= 11 is 0. The number of carbonyl (C=O) groups excluding carboxylic acids is 1. The molecule has 0 saturated heterocycles. The van der Waals surface area contributed by atoms with E-state index in [1.807, 2.05) is 0 Å². The number of aryl methyl sites for hydroxylation is 1. The van der Waals surface area contributed by atoms with Crippen molar-refractivity contribution < 1.29 is 17.6 Å². The first-order valence-corrected chi connectivity index (χ1v) is 7.58. The molecule has 0 heterocycles. The summed E-state index contributed by atoms with van der Waals surface area (Å²) in [5.74, 6) is -1.10. The molecule has 18 heavy (non-hydrogen) atoms. The van der Waals surface area contributed by atoms with Crippen molar-refractivity contribution in [2.75, 3.05) is 18.6 Å². The lowest BCUT2D eigenvalue weighted by molar-refractivity contribution is 0.0949. The molecular weight excluding hydrogens is 257 g/mol. The molecule has 0 spiro atoms. The number of hydrogen-bond acceptors (Lipinski definition) is 3. The molecule has 1 N–H and O–H groups in total. The number of sulfone groups is 1. The first-order chi connectivity index (χ1) is 8.29. The van der Waals surface area contributed by atoms with Crippen LogP contribution in [0.2, 0.25) is 0 Å². The van der Waals surface area contributed by atoms with Gasteiger partial charge >= 0.3 is 0 Å². The van der Waals surface area contributed by atoms with Gasteiger partial charge in [-0.25, -0.2) is 12.8 Å². The summed E-state index contributed by atoms with van der Waals surface area (Å²) in [4.78, 5) is 11.6. The number of rotatable bonds is 5. The highest BCUT2D eigenvalue weighted by Crippen LogP contribution is 2.09. The molecule has 0 bridgehead atoms. The Morgan fingerprint density at radius 1 is 1.39 bits per heavy atom. The molecule has 0 atom stereocenters. The summed E-state index contributed by atoms with van der Waals surface area (Å²) in [5.41, 5.74) is 0.709. The Morgan fingerprint density at radius 2 is 2.06 bits per heavy atom. The van der Waals surface area contributed by atoms with Crippen molar-refractivity contribution in [3.05, 3.63) is 35.1 Å². The highest BCUT2D eigenvalue weighted by Gasteiger charge is 2.11. The van der Waals surface area contributed by atoms with Crippen molar-refractivity contribution in [1.82, 2.24) is 5.32 Å². The number of amides is 1. The Balaban J connectivity index is 2.51. The van der Waals surface area contributed by atoms with E-state index >= 15 is 0 Å². The second-order valence-corrected chi connectivity index (χ2v) is 6.48. The average Bonchev–Trinajstić information content (AvgIpc) is 2.22. The fraction of sp³-hybridized carbons (Fsp3) is 0.417. The van der Waals surface area contributed by atoms with E-state index in [9.17, 15) is 17.6 Å². The van der Waals surface area contributed by atoms with Crippen LogP contribution in [0.15, 0.2) is 18.2 Å². The Bertz CT molecular complexity index is 540. The first kappa shape index (κ1) is 14.6. The molecule has 0 aliphatic rings. The molecule has 1 rings (SSSR count). The predicted molar refractivity (Wildman–Crippen MR) is 67.8 cm³/mol. The van der Waals surface area contributed by atoms with Gasteiger partial charge in [0.15, 0.2) is 0 Å². The van der Waals surface area contributed by atoms with Gasteiger partial charge < -0.3 is 5.32 Å². The summed E-state index contributed by atoms with van der Waals surface area (Å²) in [7, 11) is -3.03. The minimum absolute atomic E-state index is 0.00363. The molecule has 0 saturated carbocycles. The van der Waals surface area contributed by atoms with Crippen LogP contribution in [0.25, 0.3) is 0 Å². The van der Waals surface area contributed by atoms with E-state index in [0.29, 0.717) is 6.42 Å². The topological polar surface area (TPSA) is 63.2 Å². The summed E-state index contributed by atoms with van der Waals surface area (Å²) in [6.07, 6.45) is 1.45. The van der Waals surface area contributed by atoms with Crippen LogP contribution in [0.1, 0.15) is 22.3 Å². The molecule has 0 aromatic heterocycles. The zero-order valence-corrected chi connectivity index (χ0v) is 11.2. The van der Waals surface area contributed by atoms with Crippen molar-refractivity contribution in [2.24, 2.45) is 0 Å². The van der Waals surface area contributed by atoms with Gasteiger partial charge in [0.1, 0.15) is 15.7 Å². The van der Waals surface area contributed by atoms with Crippen LogP contribution < -0.4 is 5.32 Å². The molecule has 1 amide bonds. The minimum atomic E-state index is -3.03. The van der Waals surface area contributed by atoms with Gasteiger partial charge in [0.25, 0.3) is 5.91 Å². The van der Waals surface area contributed by atoms with E-state index in [4.69, 9.17) is 0 Å². The SMILES string of the molecule is Cc1ccc(C(=O)NCCCS(C)(=O)=O)c(F)c1. The molecule has 1 aromatic carbocycles. The van der Waals surface area contributed by atoms with Crippen molar-refractivity contribution in [3.8, 4) is 0 Å². The standard InChI is InChI=1S/C12H16FNO3S/c1-9-4-5-10(11(13)8-9)12(15)14-6-3-7-18(2,16)17/h4-5,8H,3,6-7H2,1-2H3,(H,14,15). The van der Waals surface area contributed by atoms with Crippen LogP contribution in [-0.4, -0.2) is 32.9 Å². The third kappa shape index (κ3) is 4.83. The maximum atomic E-state index is 13.4. The van der Waals surface area contributed by atoms with Crippen LogP contribution in [0.3, 0.4) is 0 Å². The lowest BCUT2D eigenvalue weighted by atomic mass is 10.1. The summed E-state index contributed by atoms with van der Waals surface area (Å²) in [6, 6.07) is 4.34. The smallest absolute Gasteiger partial charge is 0.254 e. The Kier molecular flexibility index (Phi) is 4.84. The molecule has 0 aliphatic heterocycles. The number of halogens is 1. The molecule has 100 valence electrons.